The van der Waals surface area contributed by atoms with Crippen molar-refractivity contribution in [2.24, 2.45) is 5.92 Å². The minimum absolute atomic E-state index is 0.188. The van der Waals surface area contributed by atoms with Crippen molar-refractivity contribution in [2.75, 3.05) is 19.8 Å². The Kier molecular flexibility index (Phi) is 5.37. The highest BCUT2D eigenvalue weighted by molar-refractivity contribution is 5.22. The summed E-state index contributed by atoms with van der Waals surface area (Å²) in [5.74, 6) is 0.215. The monoisotopic (exact) mass is 208 g/mol. The zero-order chi connectivity index (χ0) is 11.1. The van der Waals surface area contributed by atoms with Gasteiger partial charge in [-0.25, -0.2) is 0 Å². The number of benzene rings is 1. The van der Waals surface area contributed by atoms with Crippen molar-refractivity contribution in [1.82, 2.24) is 0 Å². The molecule has 1 atom stereocenters. The van der Waals surface area contributed by atoms with Crippen LogP contribution in [0.15, 0.2) is 24.3 Å². The highest BCUT2D eigenvalue weighted by Crippen LogP contribution is 2.11. The number of aryl methyl sites for hydroxylation is 1. The molecule has 1 aromatic rings. The third-order valence-electron chi connectivity index (χ3n) is 2.42. The van der Waals surface area contributed by atoms with Crippen LogP contribution in [0.2, 0.25) is 0 Å². The summed E-state index contributed by atoms with van der Waals surface area (Å²) < 4.78 is 5.33. The molecule has 0 aliphatic rings. The minimum Gasteiger partial charge on any atom is -0.396 e. The number of aliphatic hydroxyl groups is 1. The summed E-state index contributed by atoms with van der Waals surface area (Å²) in [6, 6.07) is 8.40. The molecular weight excluding hydrogens is 188 g/mol. The lowest BCUT2D eigenvalue weighted by Gasteiger charge is -2.14. The first-order chi connectivity index (χ1) is 7.26. The van der Waals surface area contributed by atoms with Gasteiger partial charge >= 0.3 is 0 Å². The zero-order valence-electron chi connectivity index (χ0n) is 9.57. The van der Waals surface area contributed by atoms with Crippen molar-refractivity contribution in [1.29, 1.82) is 0 Å². The van der Waals surface area contributed by atoms with Crippen molar-refractivity contribution in [3.05, 3.63) is 35.4 Å². The largest absolute Gasteiger partial charge is 0.396 e. The van der Waals surface area contributed by atoms with Crippen molar-refractivity contribution in [3.63, 3.8) is 0 Å². The summed E-state index contributed by atoms with van der Waals surface area (Å²) in [5.41, 5.74) is 2.54. The van der Waals surface area contributed by atoms with Gasteiger partial charge in [0.1, 0.15) is 0 Å². The number of rotatable bonds is 6. The van der Waals surface area contributed by atoms with Gasteiger partial charge in [-0.05, 0) is 25.8 Å². The molecule has 2 heteroatoms. The normalized spacial score (nSPS) is 12.7. The molecule has 0 saturated heterocycles. The van der Waals surface area contributed by atoms with Gasteiger partial charge in [-0.1, -0.05) is 29.8 Å². The summed E-state index contributed by atoms with van der Waals surface area (Å²) in [4.78, 5) is 0. The third-order valence-corrected chi connectivity index (χ3v) is 2.42. The smallest absolute Gasteiger partial charge is 0.0519 e. The maximum absolute atomic E-state index is 9.20. The third kappa shape index (κ3) is 4.45. The Morgan fingerprint density at radius 1 is 1.40 bits per heavy atom. The van der Waals surface area contributed by atoms with E-state index in [1.807, 2.05) is 6.92 Å². The van der Waals surface area contributed by atoms with Crippen molar-refractivity contribution in [2.45, 2.75) is 20.3 Å². The molecule has 84 valence electrons. The maximum Gasteiger partial charge on any atom is 0.0519 e. The Morgan fingerprint density at radius 2 is 2.20 bits per heavy atom. The van der Waals surface area contributed by atoms with E-state index in [1.165, 1.54) is 11.1 Å². The van der Waals surface area contributed by atoms with E-state index in [0.717, 1.165) is 6.42 Å². The fraction of sp³-hybridized carbons (Fsp3) is 0.538. The molecule has 0 amide bonds. The summed E-state index contributed by atoms with van der Waals surface area (Å²) in [6.45, 7) is 5.60. The van der Waals surface area contributed by atoms with Crippen LogP contribution in [0.4, 0.5) is 0 Å². The molecule has 2 nitrogen and oxygen atoms in total. The highest BCUT2D eigenvalue weighted by atomic mass is 16.5. The van der Waals surface area contributed by atoms with Gasteiger partial charge in [0.2, 0.25) is 0 Å². The molecule has 0 spiro atoms. The van der Waals surface area contributed by atoms with Crippen molar-refractivity contribution < 1.29 is 9.84 Å². The predicted molar refractivity (Wildman–Crippen MR) is 62.0 cm³/mol. The summed E-state index contributed by atoms with van der Waals surface area (Å²) in [6.07, 6.45) is 0.887. The lowest BCUT2D eigenvalue weighted by molar-refractivity contribution is 0.0810. The van der Waals surface area contributed by atoms with Gasteiger partial charge in [-0.2, -0.15) is 0 Å². The average molecular weight is 208 g/mol. The molecule has 0 heterocycles. The molecule has 0 saturated carbocycles. The topological polar surface area (TPSA) is 29.5 Å². The quantitative estimate of drug-likeness (QED) is 0.776. The second-order valence-electron chi connectivity index (χ2n) is 3.90. The van der Waals surface area contributed by atoms with Gasteiger partial charge in [-0.15, -0.1) is 0 Å². The van der Waals surface area contributed by atoms with E-state index < -0.39 is 0 Å². The molecule has 0 radical (unpaired) electrons. The van der Waals surface area contributed by atoms with E-state index in [-0.39, 0.29) is 12.5 Å². The Balaban J connectivity index is 2.50. The van der Waals surface area contributed by atoms with Gasteiger partial charge in [0.15, 0.2) is 0 Å². The van der Waals surface area contributed by atoms with Crippen molar-refractivity contribution in [3.8, 4) is 0 Å². The number of hydrogen-bond acceptors (Lipinski definition) is 2. The Labute approximate surface area is 91.9 Å². The van der Waals surface area contributed by atoms with Gasteiger partial charge in [0.05, 0.1) is 6.61 Å². The number of aliphatic hydroxyl groups excluding tert-OH is 1. The summed E-state index contributed by atoms with van der Waals surface area (Å²) in [5, 5.41) is 9.20. The van der Waals surface area contributed by atoms with Crippen molar-refractivity contribution >= 4 is 0 Å². The molecule has 0 aromatic heterocycles. The van der Waals surface area contributed by atoms with Gasteiger partial charge in [0.25, 0.3) is 0 Å². The molecule has 0 fully saturated rings. The van der Waals surface area contributed by atoms with Crippen LogP contribution >= 0.6 is 0 Å². The van der Waals surface area contributed by atoms with Gasteiger partial charge in [0, 0.05) is 19.1 Å². The highest BCUT2D eigenvalue weighted by Gasteiger charge is 2.08. The maximum atomic E-state index is 9.20. The predicted octanol–water partition coefficient (Wildman–Crippen LogP) is 2.18. The molecule has 15 heavy (non-hydrogen) atoms. The van der Waals surface area contributed by atoms with Crippen LogP contribution in [0.5, 0.6) is 0 Å². The SMILES string of the molecule is CCOCC(CO)Cc1cccc(C)c1. The standard InChI is InChI=1S/C13H20O2/c1-3-15-10-13(9-14)8-12-6-4-5-11(2)7-12/h4-7,13-14H,3,8-10H2,1-2H3. The lowest BCUT2D eigenvalue weighted by atomic mass is 9.99. The molecule has 0 aliphatic heterocycles. The number of hydrogen-bond donors (Lipinski definition) is 1. The van der Waals surface area contributed by atoms with Crippen LogP contribution in [-0.2, 0) is 11.2 Å². The summed E-state index contributed by atoms with van der Waals surface area (Å²) >= 11 is 0. The molecule has 0 bridgehead atoms. The first-order valence-corrected chi connectivity index (χ1v) is 5.50. The van der Waals surface area contributed by atoms with E-state index in [9.17, 15) is 5.11 Å². The summed E-state index contributed by atoms with van der Waals surface area (Å²) in [7, 11) is 0. The van der Waals surface area contributed by atoms with E-state index in [1.54, 1.807) is 0 Å². The Bertz CT molecular complexity index is 284. The van der Waals surface area contributed by atoms with Crippen LogP contribution in [-0.4, -0.2) is 24.9 Å². The molecular formula is C13H20O2. The van der Waals surface area contributed by atoms with E-state index >= 15 is 0 Å². The second-order valence-corrected chi connectivity index (χ2v) is 3.90. The van der Waals surface area contributed by atoms with Crippen LogP contribution in [0, 0.1) is 12.8 Å². The second kappa shape index (κ2) is 6.59. The van der Waals surface area contributed by atoms with E-state index in [0.29, 0.717) is 13.2 Å². The fourth-order valence-corrected chi connectivity index (χ4v) is 1.63. The number of ether oxygens (including phenoxy) is 1. The lowest BCUT2D eigenvalue weighted by Crippen LogP contribution is -2.16. The van der Waals surface area contributed by atoms with Crippen LogP contribution < -0.4 is 0 Å². The van der Waals surface area contributed by atoms with Crippen LogP contribution in [0.1, 0.15) is 18.1 Å². The molecule has 0 aliphatic carbocycles. The van der Waals surface area contributed by atoms with Crippen LogP contribution in [0.25, 0.3) is 0 Å². The first-order valence-electron chi connectivity index (χ1n) is 5.50. The van der Waals surface area contributed by atoms with Crippen LogP contribution in [0.3, 0.4) is 0 Å². The molecule has 1 unspecified atom stereocenters. The Morgan fingerprint density at radius 3 is 2.80 bits per heavy atom. The molecule has 1 N–H and O–H groups in total. The van der Waals surface area contributed by atoms with E-state index in [4.69, 9.17) is 4.74 Å². The Hall–Kier alpha value is -0.860. The molecule has 1 aromatic carbocycles. The molecule has 1 rings (SSSR count). The van der Waals surface area contributed by atoms with Gasteiger partial charge in [-0.3, -0.25) is 0 Å². The first kappa shape index (κ1) is 12.2. The fourth-order valence-electron chi connectivity index (χ4n) is 1.63. The zero-order valence-corrected chi connectivity index (χ0v) is 9.57. The van der Waals surface area contributed by atoms with Gasteiger partial charge < -0.3 is 9.84 Å². The van der Waals surface area contributed by atoms with E-state index in [2.05, 4.69) is 31.2 Å². The minimum atomic E-state index is 0.188. The average Bonchev–Trinajstić information content (AvgIpc) is 2.24.